The lowest BCUT2D eigenvalue weighted by molar-refractivity contribution is -0.122. The molecule has 152 valence electrons. The van der Waals surface area contributed by atoms with Gasteiger partial charge >= 0.3 is 0 Å². The van der Waals surface area contributed by atoms with Crippen molar-refractivity contribution in [3.8, 4) is 5.69 Å². The monoisotopic (exact) mass is 409 g/mol. The highest BCUT2D eigenvalue weighted by atomic mass is 19.1. The molecule has 2 aromatic carbocycles. The van der Waals surface area contributed by atoms with Gasteiger partial charge in [-0.15, -0.1) is 0 Å². The Morgan fingerprint density at radius 2 is 1.93 bits per heavy atom. The highest BCUT2D eigenvalue weighted by molar-refractivity contribution is 5.78. The summed E-state index contributed by atoms with van der Waals surface area (Å²) in [5, 5.41) is 7.09. The van der Waals surface area contributed by atoms with E-state index in [4.69, 9.17) is 0 Å². The quantitative estimate of drug-likeness (QED) is 0.550. The summed E-state index contributed by atoms with van der Waals surface area (Å²) >= 11 is 0. The molecule has 7 nitrogen and oxygen atoms in total. The van der Waals surface area contributed by atoms with Gasteiger partial charge in [0.15, 0.2) is 5.65 Å². The summed E-state index contributed by atoms with van der Waals surface area (Å²) < 4.78 is 29.7. The molecule has 1 amide bonds. The van der Waals surface area contributed by atoms with Crippen molar-refractivity contribution < 1.29 is 13.6 Å². The minimum Gasteiger partial charge on any atom is -0.348 e. The van der Waals surface area contributed by atoms with Crippen molar-refractivity contribution in [1.29, 1.82) is 0 Å². The summed E-state index contributed by atoms with van der Waals surface area (Å²) in [4.78, 5) is 29.4. The molecule has 1 atom stereocenters. The van der Waals surface area contributed by atoms with Gasteiger partial charge in [-0.3, -0.25) is 14.2 Å². The van der Waals surface area contributed by atoms with E-state index in [1.165, 1.54) is 18.6 Å². The van der Waals surface area contributed by atoms with Crippen molar-refractivity contribution in [3.63, 3.8) is 0 Å². The molecule has 0 saturated carbocycles. The maximum Gasteiger partial charge on any atom is 0.264 e. The molecule has 0 aliphatic carbocycles. The van der Waals surface area contributed by atoms with Crippen LogP contribution in [0.3, 0.4) is 0 Å². The number of fused-ring (bicyclic) bond motifs is 1. The molecular weight excluding hydrogens is 392 g/mol. The summed E-state index contributed by atoms with van der Waals surface area (Å²) in [5.74, 6) is -1.96. The molecule has 9 heteroatoms. The second-order valence-corrected chi connectivity index (χ2v) is 6.76. The van der Waals surface area contributed by atoms with E-state index < -0.39 is 29.1 Å². The number of rotatable bonds is 5. The lowest BCUT2D eigenvalue weighted by Gasteiger charge is -2.15. The first-order valence-corrected chi connectivity index (χ1v) is 9.17. The second-order valence-electron chi connectivity index (χ2n) is 6.76. The summed E-state index contributed by atoms with van der Waals surface area (Å²) in [5.41, 5.74) is 0.863. The van der Waals surface area contributed by atoms with Crippen molar-refractivity contribution in [2.75, 3.05) is 0 Å². The normalized spacial score (nSPS) is 12.1. The van der Waals surface area contributed by atoms with Crippen LogP contribution in [0.5, 0.6) is 0 Å². The zero-order valence-electron chi connectivity index (χ0n) is 15.9. The van der Waals surface area contributed by atoms with E-state index >= 15 is 0 Å². The number of nitrogens with zero attached hydrogens (tertiary/aromatic N) is 4. The minimum atomic E-state index is -0.753. The van der Waals surface area contributed by atoms with Gasteiger partial charge in [0.2, 0.25) is 5.91 Å². The molecule has 4 rings (SSSR count). The fourth-order valence-electron chi connectivity index (χ4n) is 3.19. The molecule has 0 spiro atoms. The van der Waals surface area contributed by atoms with Crippen LogP contribution in [0.4, 0.5) is 8.78 Å². The molecule has 1 N–H and O–H groups in total. The third-order valence-electron chi connectivity index (χ3n) is 4.68. The van der Waals surface area contributed by atoms with Crippen LogP contribution in [0.25, 0.3) is 16.7 Å². The predicted molar refractivity (Wildman–Crippen MR) is 106 cm³/mol. The maximum atomic E-state index is 13.9. The largest absolute Gasteiger partial charge is 0.348 e. The van der Waals surface area contributed by atoms with Gasteiger partial charge in [0, 0.05) is 11.6 Å². The number of hydrogen-bond acceptors (Lipinski definition) is 4. The van der Waals surface area contributed by atoms with E-state index in [1.807, 2.05) is 30.3 Å². The van der Waals surface area contributed by atoms with Crippen LogP contribution in [0, 0.1) is 11.6 Å². The fourth-order valence-corrected chi connectivity index (χ4v) is 3.19. The summed E-state index contributed by atoms with van der Waals surface area (Å²) in [6.07, 6.45) is 2.68. The van der Waals surface area contributed by atoms with E-state index in [-0.39, 0.29) is 17.5 Å². The van der Waals surface area contributed by atoms with Gasteiger partial charge in [0.1, 0.15) is 29.9 Å². The smallest absolute Gasteiger partial charge is 0.264 e. The van der Waals surface area contributed by atoms with Crippen LogP contribution in [-0.4, -0.2) is 25.2 Å². The van der Waals surface area contributed by atoms with Gasteiger partial charge in [0.05, 0.1) is 17.9 Å². The Bertz CT molecular complexity index is 1280. The van der Waals surface area contributed by atoms with Crippen molar-refractivity contribution in [1.82, 2.24) is 24.6 Å². The topological polar surface area (TPSA) is 81.8 Å². The van der Waals surface area contributed by atoms with Crippen LogP contribution >= 0.6 is 0 Å². The number of para-hydroxylation sites is 1. The van der Waals surface area contributed by atoms with Gasteiger partial charge < -0.3 is 5.32 Å². The van der Waals surface area contributed by atoms with Crippen LogP contribution in [0.1, 0.15) is 18.5 Å². The third kappa shape index (κ3) is 3.69. The molecule has 0 radical (unpaired) electrons. The number of hydrogen-bond donors (Lipinski definition) is 1. The molecule has 0 fully saturated rings. The Labute approximate surface area is 169 Å². The lowest BCUT2D eigenvalue weighted by atomic mass is 10.1. The third-order valence-corrected chi connectivity index (χ3v) is 4.68. The molecule has 0 aliphatic heterocycles. The van der Waals surface area contributed by atoms with Crippen molar-refractivity contribution in [2.45, 2.75) is 19.5 Å². The van der Waals surface area contributed by atoms with Crippen molar-refractivity contribution >= 4 is 16.9 Å². The standard InChI is InChI=1S/C21H17F2N5O2/c1-13(16-8-7-14(22)9-18(16)23)26-19(29)11-27-12-24-20-17(21(27)30)10-25-28(20)15-5-3-2-4-6-15/h2-10,12-13H,11H2,1H3,(H,26,29)/t13-/m0/s1. The molecule has 0 unspecified atom stereocenters. The lowest BCUT2D eigenvalue weighted by Crippen LogP contribution is -2.34. The first-order chi connectivity index (χ1) is 14.4. The number of halogens is 2. The Balaban J connectivity index is 1.54. The molecular formula is C21H17F2N5O2. The number of benzene rings is 2. The molecule has 4 aromatic rings. The summed E-state index contributed by atoms with van der Waals surface area (Å²) in [6.45, 7) is 1.27. The maximum absolute atomic E-state index is 13.9. The zero-order valence-corrected chi connectivity index (χ0v) is 15.9. The van der Waals surface area contributed by atoms with Crippen molar-refractivity contribution in [2.24, 2.45) is 0 Å². The minimum absolute atomic E-state index is 0.148. The molecule has 30 heavy (non-hydrogen) atoms. The zero-order chi connectivity index (χ0) is 21.3. The van der Waals surface area contributed by atoms with Gasteiger partial charge in [0.25, 0.3) is 5.56 Å². The highest BCUT2D eigenvalue weighted by Gasteiger charge is 2.17. The van der Waals surface area contributed by atoms with Gasteiger partial charge in [-0.25, -0.2) is 18.4 Å². The Kier molecular flexibility index (Phi) is 5.09. The molecule has 0 bridgehead atoms. The van der Waals surface area contributed by atoms with E-state index in [0.29, 0.717) is 5.65 Å². The number of nitrogens with one attached hydrogen (secondary N) is 1. The van der Waals surface area contributed by atoms with Crippen LogP contribution in [0.15, 0.2) is 65.8 Å². The van der Waals surface area contributed by atoms with Crippen molar-refractivity contribution in [3.05, 3.63) is 88.6 Å². The first-order valence-electron chi connectivity index (χ1n) is 9.17. The number of aromatic nitrogens is 4. The fraction of sp³-hybridized carbons (Fsp3) is 0.143. The summed E-state index contributed by atoms with van der Waals surface area (Å²) in [7, 11) is 0. The Hall–Kier alpha value is -3.88. The molecule has 2 aromatic heterocycles. The second kappa shape index (κ2) is 7.86. The SMILES string of the molecule is C[C@H](NC(=O)Cn1cnc2c(cnn2-c2ccccc2)c1=O)c1ccc(F)cc1F. The highest BCUT2D eigenvalue weighted by Crippen LogP contribution is 2.18. The number of amides is 1. The van der Waals surface area contributed by atoms with Gasteiger partial charge in [-0.2, -0.15) is 5.10 Å². The first kappa shape index (κ1) is 19.4. The van der Waals surface area contributed by atoms with Crippen LogP contribution in [0.2, 0.25) is 0 Å². The van der Waals surface area contributed by atoms with E-state index in [2.05, 4.69) is 15.4 Å². The average molecular weight is 409 g/mol. The predicted octanol–water partition coefficient (Wildman–Crippen LogP) is 2.74. The van der Waals surface area contributed by atoms with Crippen LogP contribution in [-0.2, 0) is 11.3 Å². The van der Waals surface area contributed by atoms with Crippen LogP contribution < -0.4 is 10.9 Å². The number of carbonyl (C=O) groups is 1. The Morgan fingerprint density at radius 3 is 2.67 bits per heavy atom. The molecule has 2 heterocycles. The van der Waals surface area contributed by atoms with E-state index in [0.717, 1.165) is 22.4 Å². The van der Waals surface area contributed by atoms with Gasteiger partial charge in [-0.05, 0) is 25.1 Å². The average Bonchev–Trinajstić information content (AvgIpc) is 3.15. The molecule has 0 aliphatic rings. The Morgan fingerprint density at radius 1 is 1.17 bits per heavy atom. The number of carbonyl (C=O) groups excluding carboxylic acids is 1. The van der Waals surface area contributed by atoms with E-state index in [1.54, 1.807) is 11.6 Å². The summed E-state index contributed by atoms with van der Waals surface area (Å²) in [6, 6.07) is 11.7. The molecule has 0 saturated heterocycles. The van der Waals surface area contributed by atoms with Gasteiger partial charge in [-0.1, -0.05) is 24.3 Å². The van der Waals surface area contributed by atoms with E-state index in [9.17, 15) is 18.4 Å².